The number of halogens is 2. The molecule has 0 heterocycles. The number of fused-ring (bicyclic) bond motifs is 6. The molecule has 0 atom stereocenters. The first-order valence-corrected chi connectivity index (χ1v) is 29.5. The molecular formula is C70H66Cl2SiZr-4. The number of rotatable bonds is 12. The van der Waals surface area contributed by atoms with Crippen LogP contribution in [0.4, 0.5) is 0 Å². The molecule has 372 valence electrons. The molecule has 0 unspecified atom stereocenters. The van der Waals surface area contributed by atoms with Crippen molar-refractivity contribution in [3.63, 3.8) is 0 Å². The van der Waals surface area contributed by atoms with Crippen LogP contribution in [0.3, 0.4) is 0 Å². The molecule has 0 aliphatic heterocycles. The van der Waals surface area contributed by atoms with Gasteiger partial charge in [-0.05, 0) is 67.1 Å². The third-order valence-electron chi connectivity index (χ3n) is 14.4. The Balaban J connectivity index is 0.000000222. The molecule has 0 amide bonds. The van der Waals surface area contributed by atoms with Gasteiger partial charge in [0.25, 0.3) is 0 Å². The van der Waals surface area contributed by atoms with E-state index in [1.54, 1.807) is 0 Å². The minimum absolute atomic E-state index is 0. The van der Waals surface area contributed by atoms with Crippen LogP contribution in [0.15, 0.2) is 218 Å². The van der Waals surface area contributed by atoms with Gasteiger partial charge in [-0.25, -0.2) is 0 Å². The second-order valence-electron chi connectivity index (χ2n) is 18.7. The topological polar surface area (TPSA) is 0 Å². The van der Waals surface area contributed by atoms with Crippen LogP contribution >= 0.6 is 24.8 Å². The molecule has 12 aromatic rings. The van der Waals surface area contributed by atoms with Gasteiger partial charge in [0.05, 0.1) is 0 Å². The van der Waals surface area contributed by atoms with Crippen LogP contribution in [0.5, 0.6) is 0 Å². The van der Waals surface area contributed by atoms with E-state index in [0.717, 1.165) is 12.8 Å². The first kappa shape index (κ1) is 57.4. The summed E-state index contributed by atoms with van der Waals surface area (Å²) in [6.07, 6.45) is 9.87. The van der Waals surface area contributed by atoms with Crippen molar-refractivity contribution in [2.24, 2.45) is 0 Å². The van der Waals surface area contributed by atoms with Gasteiger partial charge in [-0.15, -0.1) is 69.6 Å². The Morgan fingerprint density at radius 1 is 0.311 bits per heavy atom. The van der Waals surface area contributed by atoms with Crippen molar-refractivity contribution in [2.75, 3.05) is 0 Å². The molecule has 0 bridgehead atoms. The molecule has 0 aliphatic rings. The van der Waals surface area contributed by atoms with E-state index in [-0.39, 0.29) is 39.7 Å². The molecule has 12 rings (SSSR count). The number of aryl methyl sites for hydroxylation is 2. The maximum atomic E-state index is 3.06. The van der Waals surface area contributed by atoms with Gasteiger partial charge >= 0.3 is 30.2 Å². The van der Waals surface area contributed by atoms with E-state index in [4.69, 9.17) is 0 Å². The summed E-state index contributed by atoms with van der Waals surface area (Å²) in [5.74, 6) is 0. The molecule has 2 radical (unpaired) electrons. The maximum absolute atomic E-state index is 3.06. The number of hydrogen-bond donors (Lipinski definition) is 0. The molecule has 0 aliphatic carbocycles. The van der Waals surface area contributed by atoms with Gasteiger partial charge in [-0.1, -0.05) is 280 Å². The van der Waals surface area contributed by atoms with Crippen LogP contribution in [-0.4, -0.2) is 6.88 Å². The average Bonchev–Trinajstić information content (AvgIpc) is 4.06. The van der Waals surface area contributed by atoms with E-state index in [2.05, 4.69) is 239 Å². The average molecular weight is 1100 g/mol. The van der Waals surface area contributed by atoms with Crippen molar-refractivity contribution >= 4 is 96.3 Å². The number of benzene rings is 10. The van der Waals surface area contributed by atoms with E-state index in [1.165, 1.54) is 182 Å². The molecule has 12 aromatic carbocycles. The van der Waals surface area contributed by atoms with Gasteiger partial charge in [-0.2, -0.15) is 12.1 Å². The summed E-state index contributed by atoms with van der Waals surface area (Å²) in [5.41, 5.74) is 13.5. The Morgan fingerprint density at radius 2 is 0.568 bits per heavy atom. The van der Waals surface area contributed by atoms with Gasteiger partial charge in [-0.3, -0.25) is 0 Å². The van der Waals surface area contributed by atoms with Crippen molar-refractivity contribution in [3.8, 4) is 44.5 Å². The van der Waals surface area contributed by atoms with Gasteiger partial charge in [0.2, 0.25) is 0 Å². The van der Waals surface area contributed by atoms with E-state index in [9.17, 15) is 0 Å². The molecular weight excluding hydrogens is 1030 g/mol. The fourth-order valence-electron chi connectivity index (χ4n) is 10.9. The van der Waals surface area contributed by atoms with Crippen molar-refractivity contribution in [1.82, 2.24) is 0 Å². The second-order valence-corrected chi connectivity index (χ2v) is 18.7. The zero-order valence-corrected chi connectivity index (χ0v) is 48.3. The van der Waals surface area contributed by atoms with Crippen molar-refractivity contribution in [3.05, 3.63) is 244 Å². The van der Waals surface area contributed by atoms with Crippen LogP contribution in [0.2, 0.25) is 0 Å². The molecule has 0 spiro atoms. The van der Waals surface area contributed by atoms with Gasteiger partial charge in [0.1, 0.15) is 0 Å². The van der Waals surface area contributed by atoms with E-state index in [0.29, 0.717) is 0 Å². The second kappa shape index (κ2) is 27.1. The monoisotopic (exact) mass is 1090 g/mol. The van der Waals surface area contributed by atoms with Crippen LogP contribution in [0.1, 0.15) is 63.5 Å². The summed E-state index contributed by atoms with van der Waals surface area (Å²) in [4.78, 5) is 0. The van der Waals surface area contributed by atoms with E-state index < -0.39 is 0 Å². The normalized spacial score (nSPS) is 10.7. The molecule has 0 fully saturated rings. The predicted octanol–water partition coefficient (Wildman–Crippen LogP) is 21.2. The van der Waals surface area contributed by atoms with Gasteiger partial charge in [0.15, 0.2) is 0 Å². The summed E-state index contributed by atoms with van der Waals surface area (Å²) in [6, 6.07) is 80.8. The van der Waals surface area contributed by atoms with Crippen LogP contribution in [-0.2, 0) is 36.2 Å². The van der Waals surface area contributed by atoms with Crippen molar-refractivity contribution < 1.29 is 23.3 Å². The Hall–Kier alpha value is -5.86. The van der Waals surface area contributed by atoms with Crippen molar-refractivity contribution in [1.29, 1.82) is 0 Å². The number of hydrogen-bond acceptors (Lipinski definition) is 0. The van der Waals surface area contributed by atoms with Crippen LogP contribution in [0, 0.1) is 14.9 Å². The van der Waals surface area contributed by atoms with E-state index >= 15 is 0 Å². The quantitative estimate of drug-likeness (QED) is 0.0650. The van der Waals surface area contributed by atoms with Crippen LogP contribution in [0.25, 0.3) is 109 Å². The summed E-state index contributed by atoms with van der Waals surface area (Å²) in [7, 11) is 0. The summed E-state index contributed by atoms with van der Waals surface area (Å²) < 4.78 is 0. The van der Waals surface area contributed by atoms with Crippen molar-refractivity contribution in [2.45, 2.75) is 65.2 Å². The Labute approximate surface area is 470 Å². The molecule has 0 N–H and O–H groups in total. The molecule has 0 aromatic heterocycles. The first-order valence-electron chi connectivity index (χ1n) is 25.3. The molecule has 74 heavy (non-hydrogen) atoms. The van der Waals surface area contributed by atoms with Crippen LogP contribution < -0.4 is 0 Å². The zero-order chi connectivity index (χ0) is 47.8. The van der Waals surface area contributed by atoms with E-state index in [1.807, 2.05) is 0 Å². The first-order chi connectivity index (χ1) is 34.7. The summed E-state index contributed by atoms with van der Waals surface area (Å²) in [6.45, 7) is 7.62. The predicted molar refractivity (Wildman–Crippen MR) is 330 cm³/mol. The summed E-state index contributed by atoms with van der Waals surface area (Å²) >= 11 is 1.36. The SMILES string of the molecule is CCCCCc1cc2c(-c3cccc4ccccc34)ccc(-c3cccc4ccccc34)c2[cH-]1.CCCCCc1cc2c(-c3cccc4ccccc34)ccc(-c3cccc4ccccc34)c2[cH-]1.Cl.Cl.[CH3-].[CH3-].[Si]=[Zr]. The third kappa shape index (κ3) is 11.8. The molecule has 0 saturated carbocycles. The Morgan fingerprint density at radius 3 is 0.878 bits per heavy atom. The summed E-state index contributed by atoms with van der Waals surface area (Å²) in [5, 5.41) is 15.9. The number of unbranched alkanes of at least 4 members (excludes halogenated alkanes) is 4. The standard InChI is InChI=1S/2C34H29.2CH3.2ClH.Si.Zr/c2*1-2-3-4-11-24-22-33-31(29-18-9-14-25-12-5-7-16-27(25)29)20-21-32(34(33)23-24)30-19-10-15-26-13-6-8-17-28(26)30;;;;;;/h2*5-10,12-23H,2-4,11H2,1H3;2*1H3;2*1H;;/q4*-1;;;;. The molecule has 0 saturated heterocycles. The third-order valence-corrected chi connectivity index (χ3v) is 14.4. The van der Waals surface area contributed by atoms with Gasteiger partial charge < -0.3 is 14.9 Å². The molecule has 4 heteroatoms. The Bertz CT molecular complexity index is 3260. The Kier molecular flexibility index (Phi) is 21.0. The minimum atomic E-state index is 0. The zero-order valence-electron chi connectivity index (χ0n) is 43.3. The van der Waals surface area contributed by atoms with Gasteiger partial charge in [0, 0.05) is 0 Å². The fraction of sp³-hybridized carbons (Fsp3) is 0.143. The molecule has 0 nitrogen and oxygen atoms in total. The fourth-order valence-corrected chi connectivity index (χ4v) is 10.9.